The Kier molecular flexibility index (Phi) is 7.95. The van der Waals surface area contributed by atoms with E-state index in [1.807, 2.05) is 19.2 Å². The van der Waals surface area contributed by atoms with Crippen LogP contribution < -0.4 is 20.1 Å². The van der Waals surface area contributed by atoms with Gasteiger partial charge in [-0.05, 0) is 36.4 Å². The van der Waals surface area contributed by atoms with Gasteiger partial charge in [0.15, 0.2) is 11.5 Å². The lowest BCUT2D eigenvalue weighted by molar-refractivity contribution is -0.115. The molecule has 1 heterocycles. The normalized spacial score (nSPS) is 10.2. The number of carbonyl (C=O) groups excluding carboxylic acids is 2. The molecule has 0 unspecified atom stereocenters. The fourth-order valence-electron chi connectivity index (χ4n) is 2.10. The Morgan fingerprint density at radius 2 is 1.77 bits per heavy atom. The van der Waals surface area contributed by atoms with E-state index in [0.717, 1.165) is 12.8 Å². The summed E-state index contributed by atoms with van der Waals surface area (Å²) in [6.45, 7) is 5.12. The fourth-order valence-corrected chi connectivity index (χ4v) is 2.74. The number of amides is 2. The van der Waals surface area contributed by atoms with Crippen molar-refractivity contribution in [3.8, 4) is 11.5 Å². The minimum absolute atomic E-state index is 0.101. The van der Waals surface area contributed by atoms with E-state index in [1.54, 1.807) is 30.3 Å². The van der Waals surface area contributed by atoms with E-state index < -0.39 is 0 Å². The van der Waals surface area contributed by atoms with Crippen molar-refractivity contribution in [3.05, 3.63) is 40.6 Å². The Morgan fingerprint density at radius 3 is 2.42 bits per heavy atom. The summed E-state index contributed by atoms with van der Waals surface area (Å²) in [6.07, 6.45) is 1.77. The van der Waals surface area contributed by atoms with E-state index in [4.69, 9.17) is 9.47 Å². The summed E-state index contributed by atoms with van der Waals surface area (Å²) >= 11 is 1.33. The fraction of sp³-hybridized carbons (Fsp3) is 0.368. The van der Waals surface area contributed by atoms with Crippen LogP contribution >= 0.6 is 11.3 Å². The molecule has 0 atom stereocenters. The van der Waals surface area contributed by atoms with Crippen LogP contribution in [0.2, 0.25) is 0 Å². The first-order valence-corrected chi connectivity index (χ1v) is 9.53. The van der Waals surface area contributed by atoms with Gasteiger partial charge in [-0.1, -0.05) is 19.9 Å². The van der Waals surface area contributed by atoms with Crippen LogP contribution in [0.4, 0.5) is 5.69 Å². The number of rotatable bonds is 10. The molecular formula is C19H24N2O4S. The quantitative estimate of drug-likeness (QED) is 0.663. The average molecular weight is 376 g/mol. The smallest absolute Gasteiger partial charge is 0.261 e. The Labute approximate surface area is 157 Å². The van der Waals surface area contributed by atoms with Gasteiger partial charge in [0.25, 0.3) is 5.91 Å². The van der Waals surface area contributed by atoms with Gasteiger partial charge in [-0.3, -0.25) is 9.59 Å². The zero-order valence-electron chi connectivity index (χ0n) is 15.0. The number of anilines is 1. The number of carbonyl (C=O) groups is 2. The van der Waals surface area contributed by atoms with Crippen molar-refractivity contribution >= 4 is 28.8 Å². The molecule has 2 rings (SSSR count). The summed E-state index contributed by atoms with van der Waals surface area (Å²) in [6, 6.07) is 8.77. The maximum absolute atomic E-state index is 12.1. The minimum atomic E-state index is -0.307. The molecule has 0 saturated heterocycles. The van der Waals surface area contributed by atoms with Crippen molar-refractivity contribution in [3.63, 3.8) is 0 Å². The van der Waals surface area contributed by atoms with E-state index in [0.29, 0.717) is 35.3 Å². The van der Waals surface area contributed by atoms with Crippen LogP contribution in [0.15, 0.2) is 35.7 Å². The number of thiophene rings is 1. The van der Waals surface area contributed by atoms with Gasteiger partial charge in [0.1, 0.15) is 0 Å². The molecule has 2 amide bonds. The van der Waals surface area contributed by atoms with Gasteiger partial charge in [-0.25, -0.2) is 0 Å². The first-order chi connectivity index (χ1) is 12.6. The maximum Gasteiger partial charge on any atom is 0.261 e. The zero-order chi connectivity index (χ0) is 18.8. The van der Waals surface area contributed by atoms with Crippen molar-refractivity contribution < 1.29 is 19.1 Å². The first kappa shape index (κ1) is 19.8. The standard InChI is InChI=1S/C19H24N2O4S/c1-3-9-24-15-8-7-14(12-16(15)25-10-4-2)21-18(22)13-20-19(23)17-6-5-11-26-17/h5-8,11-12H,3-4,9-10,13H2,1-2H3,(H,20,23)(H,21,22). The van der Waals surface area contributed by atoms with Gasteiger partial charge in [0.05, 0.1) is 24.6 Å². The third kappa shape index (κ3) is 6.07. The highest BCUT2D eigenvalue weighted by molar-refractivity contribution is 7.12. The molecule has 6 nitrogen and oxygen atoms in total. The number of benzene rings is 1. The van der Waals surface area contributed by atoms with Crippen molar-refractivity contribution in [2.75, 3.05) is 25.1 Å². The minimum Gasteiger partial charge on any atom is -0.490 e. The van der Waals surface area contributed by atoms with Gasteiger partial charge in [0, 0.05) is 11.8 Å². The summed E-state index contributed by atoms with van der Waals surface area (Å²) in [7, 11) is 0. The van der Waals surface area contributed by atoms with Crippen LogP contribution in [0.25, 0.3) is 0 Å². The predicted octanol–water partition coefficient (Wildman–Crippen LogP) is 3.69. The maximum atomic E-state index is 12.1. The number of hydrogen-bond donors (Lipinski definition) is 2. The van der Waals surface area contributed by atoms with Crippen molar-refractivity contribution in [2.45, 2.75) is 26.7 Å². The third-order valence-corrected chi connectivity index (χ3v) is 4.17. The Morgan fingerprint density at radius 1 is 1.04 bits per heavy atom. The molecule has 0 saturated carbocycles. The summed E-state index contributed by atoms with van der Waals surface area (Å²) in [4.78, 5) is 24.5. The lowest BCUT2D eigenvalue weighted by atomic mass is 10.2. The molecule has 0 spiro atoms. The van der Waals surface area contributed by atoms with Crippen LogP contribution in [0.1, 0.15) is 36.4 Å². The number of nitrogens with one attached hydrogen (secondary N) is 2. The molecule has 2 aromatic rings. The highest BCUT2D eigenvalue weighted by Gasteiger charge is 2.11. The molecule has 0 bridgehead atoms. The van der Waals surface area contributed by atoms with Crippen LogP contribution in [0, 0.1) is 0 Å². The molecule has 7 heteroatoms. The second-order valence-corrected chi connectivity index (χ2v) is 6.51. The highest BCUT2D eigenvalue weighted by atomic mass is 32.1. The zero-order valence-corrected chi connectivity index (χ0v) is 15.9. The number of ether oxygens (including phenoxy) is 2. The second-order valence-electron chi connectivity index (χ2n) is 5.57. The molecule has 0 aliphatic heterocycles. The summed E-state index contributed by atoms with van der Waals surface area (Å²) < 4.78 is 11.4. The van der Waals surface area contributed by atoms with E-state index >= 15 is 0 Å². The molecule has 26 heavy (non-hydrogen) atoms. The summed E-state index contributed by atoms with van der Waals surface area (Å²) in [5, 5.41) is 7.17. The third-order valence-electron chi connectivity index (χ3n) is 3.31. The Balaban J connectivity index is 1.94. The average Bonchev–Trinajstić information content (AvgIpc) is 3.18. The largest absolute Gasteiger partial charge is 0.490 e. The van der Waals surface area contributed by atoms with E-state index in [9.17, 15) is 9.59 Å². The highest BCUT2D eigenvalue weighted by Crippen LogP contribution is 2.30. The molecule has 2 N–H and O–H groups in total. The molecule has 0 radical (unpaired) electrons. The molecular weight excluding hydrogens is 352 g/mol. The summed E-state index contributed by atoms with van der Waals surface area (Å²) in [5.74, 6) is 0.689. The van der Waals surface area contributed by atoms with Gasteiger partial charge >= 0.3 is 0 Å². The van der Waals surface area contributed by atoms with Crippen LogP contribution in [-0.4, -0.2) is 31.6 Å². The molecule has 140 valence electrons. The van der Waals surface area contributed by atoms with Crippen LogP contribution in [0.5, 0.6) is 11.5 Å². The first-order valence-electron chi connectivity index (χ1n) is 8.65. The van der Waals surface area contributed by atoms with E-state index in [1.165, 1.54) is 11.3 Å². The predicted molar refractivity (Wildman–Crippen MR) is 103 cm³/mol. The topological polar surface area (TPSA) is 76.7 Å². The van der Waals surface area contributed by atoms with Gasteiger partial charge in [0.2, 0.25) is 5.91 Å². The second kappa shape index (κ2) is 10.5. The van der Waals surface area contributed by atoms with Crippen molar-refractivity contribution in [2.24, 2.45) is 0 Å². The SMILES string of the molecule is CCCOc1ccc(NC(=O)CNC(=O)c2cccs2)cc1OCCC. The van der Waals surface area contributed by atoms with Gasteiger partial charge in [-0.2, -0.15) is 0 Å². The van der Waals surface area contributed by atoms with Crippen LogP contribution in [-0.2, 0) is 4.79 Å². The summed E-state index contributed by atoms with van der Waals surface area (Å²) in [5.41, 5.74) is 0.593. The number of hydrogen-bond acceptors (Lipinski definition) is 5. The van der Waals surface area contributed by atoms with Gasteiger partial charge < -0.3 is 20.1 Å². The Bertz CT molecular complexity index is 716. The van der Waals surface area contributed by atoms with E-state index in [2.05, 4.69) is 10.6 Å². The van der Waals surface area contributed by atoms with Crippen molar-refractivity contribution in [1.29, 1.82) is 0 Å². The monoisotopic (exact) mass is 376 g/mol. The molecule has 1 aromatic heterocycles. The lowest BCUT2D eigenvalue weighted by Gasteiger charge is -2.14. The van der Waals surface area contributed by atoms with E-state index in [-0.39, 0.29) is 18.4 Å². The van der Waals surface area contributed by atoms with Gasteiger partial charge in [-0.15, -0.1) is 11.3 Å². The molecule has 0 aliphatic carbocycles. The lowest BCUT2D eigenvalue weighted by Crippen LogP contribution is -2.32. The van der Waals surface area contributed by atoms with Crippen LogP contribution in [0.3, 0.4) is 0 Å². The molecule has 0 fully saturated rings. The Hall–Kier alpha value is -2.54. The van der Waals surface area contributed by atoms with Crippen molar-refractivity contribution in [1.82, 2.24) is 5.32 Å². The molecule has 1 aromatic carbocycles. The molecule has 0 aliphatic rings.